The van der Waals surface area contributed by atoms with Crippen molar-refractivity contribution in [3.63, 3.8) is 0 Å². The highest BCUT2D eigenvalue weighted by Gasteiger charge is 2.48. The molecule has 3 aliphatic rings. The van der Waals surface area contributed by atoms with E-state index in [1.807, 2.05) is 18.2 Å². The van der Waals surface area contributed by atoms with Crippen molar-refractivity contribution in [1.29, 1.82) is 0 Å². The zero-order valence-corrected chi connectivity index (χ0v) is 58.7. The van der Waals surface area contributed by atoms with Crippen LogP contribution < -0.4 is 48.3 Å². The van der Waals surface area contributed by atoms with Gasteiger partial charge in [-0.25, -0.2) is 13.8 Å². The number of carboxylic acids is 1. The van der Waals surface area contributed by atoms with Gasteiger partial charge in [-0.3, -0.25) is 47.9 Å². The number of halogens is 2. The third kappa shape index (κ3) is 20.5. The molecule has 0 radical (unpaired) electrons. The Bertz CT molecular complexity index is 4170. The van der Waals surface area contributed by atoms with Crippen LogP contribution in [0.3, 0.4) is 0 Å². The van der Waals surface area contributed by atoms with Gasteiger partial charge in [-0.15, -0.1) is 0 Å². The number of phenolic OH excluding ortho intramolecular Hbond substituents is 1. The molecule has 103 heavy (non-hydrogen) atoms. The molecule has 1 saturated heterocycles. The number of nitrogens with zero attached hydrogens (tertiary/aromatic N) is 2. The van der Waals surface area contributed by atoms with Gasteiger partial charge in [0.15, 0.2) is 0 Å². The molecule has 4 aromatic carbocycles. The predicted molar refractivity (Wildman–Crippen MR) is 384 cm³/mol. The molecule has 8 atom stereocenters. The lowest BCUT2D eigenvalue weighted by Crippen LogP contribution is -2.62. The number of nitrogens with two attached hydrogens (primary N) is 1. The van der Waals surface area contributed by atoms with Crippen LogP contribution in [0.25, 0.3) is 21.8 Å². The zero-order chi connectivity index (χ0) is 73.2. The average molecular weight is 1460 g/mol. The van der Waals surface area contributed by atoms with E-state index < -0.39 is 137 Å². The van der Waals surface area contributed by atoms with Crippen molar-refractivity contribution in [2.45, 2.75) is 163 Å². The number of carbonyl (C=O) groups is 10. The van der Waals surface area contributed by atoms with Gasteiger partial charge in [0, 0.05) is 114 Å². The molecule has 30 heteroatoms. The molecule has 2 fully saturated rings. The summed E-state index contributed by atoms with van der Waals surface area (Å²) < 4.78 is 30.2. The summed E-state index contributed by atoms with van der Waals surface area (Å²) in [5.74, 6) is -8.46. The first-order chi connectivity index (χ1) is 49.6. The fourth-order valence-corrected chi connectivity index (χ4v) is 15.3. The van der Waals surface area contributed by atoms with Crippen LogP contribution in [-0.4, -0.2) is 173 Å². The van der Waals surface area contributed by atoms with Gasteiger partial charge < -0.3 is 78.3 Å². The van der Waals surface area contributed by atoms with Gasteiger partial charge >= 0.3 is 5.97 Å². The fraction of sp³-hybridized carbons (Fsp3) is 0.438. The molecule has 26 nitrogen and oxygen atoms in total. The number of carboxylic acid groups (broad SMARTS) is 1. The number of hydrogen-bond donors (Lipinski definition) is 14. The Morgan fingerprint density at radius 1 is 0.631 bits per heavy atom. The first-order valence-electron chi connectivity index (χ1n) is 34.7. The van der Waals surface area contributed by atoms with Crippen LogP contribution in [0.2, 0.25) is 0 Å². The number of imidazole rings is 1. The third-order valence-electron chi connectivity index (χ3n) is 19.2. The van der Waals surface area contributed by atoms with E-state index in [0.717, 1.165) is 11.1 Å². The predicted octanol–water partition coefficient (Wildman–Crippen LogP) is 4.88. The number of hydrogen-bond acceptors (Lipinski definition) is 15. The topological polar surface area (TPSA) is 397 Å². The van der Waals surface area contributed by atoms with Gasteiger partial charge in [0.05, 0.1) is 12.7 Å². The molecule has 1 saturated carbocycles. The fourth-order valence-electron chi connectivity index (χ4n) is 13.6. The van der Waals surface area contributed by atoms with E-state index in [4.69, 9.17) is 5.73 Å². The summed E-state index contributed by atoms with van der Waals surface area (Å²) in [6.45, 7) is 2.37. The van der Waals surface area contributed by atoms with E-state index in [1.54, 1.807) is 30.8 Å². The smallest absolute Gasteiger partial charge is 0.305 e. The van der Waals surface area contributed by atoms with E-state index in [1.165, 1.54) is 90.1 Å². The molecular formula is C73H88F2N14O12S2. The Kier molecular flexibility index (Phi) is 26.4. The number of aromatic hydroxyl groups is 1. The number of nitrogens with one attached hydrogen (secondary N) is 11. The highest BCUT2D eigenvalue weighted by atomic mass is 32.2. The number of amides is 9. The largest absolute Gasteiger partial charge is 0.508 e. The van der Waals surface area contributed by atoms with Gasteiger partial charge in [-0.05, 0) is 141 Å². The number of thioether (sulfide) groups is 2. The molecule has 548 valence electrons. The van der Waals surface area contributed by atoms with Crippen molar-refractivity contribution < 1.29 is 66.9 Å². The molecule has 0 spiro atoms. The molecule has 10 rings (SSSR count). The van der Waals surface area contributed by atoms with E-state index in [2.05, 4.69) is 68.5 Å². The number of H-pyrrole nitrogens is 3. The Morgan fingerprint density at radius 2 is 1.20 bits per heavy atom. The normalized spacial score (nSPS) is 23.5. The second-order valence-corrected chi connectivity index (χ2v) is 28.9. The molecule has 7 aromatic rings. The number of fused-ring (bicyclic) bond motifs is 5. The minimum atomic E-state index is -2.01. The Balaban J connectivity index is 1.000. The number of phenols is 1. The first kappa shape index (κ1) is 75.8. The molecule has 2 aliphatic heterocycles. The quantitative estimate of drug-likeness (QED) is 0.0608. The minimum absolute atomic E-state index is 0.0619. The standard InChI is InChI=1S/C73H88F2N14O12S2/c1-73-22-7-25-89(73)71(100)61(29-42-13-17-51(90)18-14-42)87-68(97)59(34-50-38-77-41-81-50)84-69(98)60(35-63(92)93)85-66(95)57(30-46-36-79-54-19-15-48(74)32-52(46)54)83-67(96)58(31-47-37-80-55-20-16-49(75)33-53(47)55)86-70(99)64(45-10-2-3-11-45)88-65(94)56(12-4-5-23-76)82-62(91)21-26-102-39-43-8-6-9-44(28-43)40-103-27-24-78-72(73)101/h6,8-9,13-20,28,32-33,36-38,41,45,56-61,64,79-80,90H,2-5,7,10-12,21-27,29-31,34-35,39-40,76H2,1H3,(H,77,81)(H,78,101)(H,82,91)(H,83,96)(H,84,98)(H,85,95)(H,86,99)(H,87,97)(H,88,94)(H,92,93)/t56-,57-,58-,59-,60-,61-,64+,73-/m0/s1. The summed E-state index contributed by atoms with van der Waals surface area (Å²) >= 11 is 3.13. The molecule has 9 amide bonds. The second-order valence-electron chi connectivity index (χ2n) is 26.7. The highest BCUT2D eigenvalue weighted by Crippen LogP contribution is 2.32. The molecule has 3 aromatic heterocycles. The lowest BCUT2D eigenvalue weighted by Gasteiger charge is -2.36. The van der Waals surface area contributed by atoms with Crippen LogP contribution in [0.4, 0.5) is 8.78 Å². The van der Waals surface area contributed by atoms with Crippen LogP contribution in [0.1, 0.15) is 111 Å². The summed E-state index contributed by atoms with van der Waals surface area (Å²) in [4.78, 5) is 161. The number of aliphatic carboxylic acids is 1. The highest BCUT2D eigenvalue weighted by molar-refractivity contribution is 7.98. The Labute approximate surface area is 601 Å². The SMILES string of the molecule is C[C@@]12CCCN1C(=O)[C@H](Cc1ccc(O)cc1)NC(=O)[C@H](Cc1cnc[nH]1)NC(=O)[C@H](CC(=O)O)NC(=O)[C@H](Cc1c[nH]c3ccc(F)cc13)NC(=O)[C@H](Cc1c[nH]c3ccc(F)cc13)NC(=O)[C@@H](C1CCCC1)NC(=O)[C@H](CCCCN)NC(=O)CCSCc1cccc(c1)CSCCNC2=O. The zero-order valence-electron chi connectivity index (χ0n) is 57.1. The van der Waals surface area contributed by atoms with Crippen LogP contribution in [0.15, 0.2) is 110 Å². The van der Waals surface area contributed by atoms with Crippen LogP contribution in [-0.2, 0) is 85.1 Å². The van der Waals surface area contributed by atoms with Crippen molar-refractivity contribution >= 4 is 104 Å². The van der Waals surface area contributed by atoms with Crippen molar-refractivity contribution in [2.24, 2.45) is 11.7 Å². The van der Waals surface area contributed by atoms with Gasteiger partial charge in [0.25, 0.3) is 0 Å². The maximum Gasteiger partial charge on any atom is 0.305 e. The summed E-state index contributed by atoms with van der Waals surface area (Å²) in [5, 5.41) is 43.6. The summed E-state index contributed by atoms with van der Waals surface area (Å²) in [7, 11) is 0. The maximum absolute atomic E-state index is 15.5. The molecular weight excluding hydrogens is 1370 g/mol. The lowest BCUT2D eigenvalue weighted by molar-refractivity contribution is -0.146. The number of rotatable bonds is 15. The number of carbonyl (C=O) groups excluding carboxylic acids is 9. The molecule has 2 bridgehead atoms. The van der Waals surface area contributed by atoms with E-state index >= 15 is 32.8 Å². The van der Waals surface area contributed by atoms with Crippen molar-refractivity contribution in [1.82, 2.24) is 67.4 Å². The number of aromatic amines is 3. The Hall–Kier alpha value is -9.81. The van der Waals surface area contributed by atoms with Gasteiger partial charge in [-0.1, -0.05) is 49.2 Å². The van der Waals surface area contributed by atoms with Crippen LogP contribution >= 0.6 is 23.5 Å². The van der Waals surface area contributed by atoms with E-state index in [0.29, 0.717) is 108 Å². The maximum atomic E-state index is 15.5. The lowest BCUT2D eigenvalue weighted by atomic mass is 9.95. The van der Waals surface area contributed by atoms with Crippen LogP contribution in [0, 0.1) is 17.6 Å². The minimum Gasteiger partial charge on any atom is -0.508 e. The Morgan fingerprint density at radius 3 is 1.81 bits per heavy atom. The molecule has 1 aliphatic carbocycles. The molecule has 15 N–H and O–H groups in total. The number of benzene rings is 4. The number of aromatic nitrogens is 4. The summed E-state index contributed by atoms with van der Waals surface area (Å²) in [6.07, 6.45) is 7.68. The van der Waals surface area contributed by atoms with Gasteiger partial charge in [0.2, 0.25) is 53.2 Å². The average Bonchev–Trinajstić information content (AvgIpc) is 1.68. The second kappa shape index (κ2) is 35.9. The van der Waals surface area contributed by atoms with Crippen molar-refractivity contribution in [2.75, 3.05) is 31.1 Å². The van der Waals surface area contributed by atoms with Gasteiger partial charge in [0.1, 0.15) is 65.2 Å². The van der Waals surface area contributed by atoms with E-state index in [9.17, 15) is 34.2 Å². The van der Waals surface area contributed by atoms with Crippen molar-refractivity contribution in [3.05, 3.63) is 155 Å². The summed E-state index contributed by atoms with van der Waals surface area (Å²) in [5.41, 5.74) is 8.89. The summed E-state index contributed by atoms with van der Waals surface area (Å²) in [6, 6.07) is 10.9. The monoisotopic (exact) mass is 1450 g/mol. The van der Waals surface area contributed by atoms with E-state index in [-0.39, 0.29) is 68.3 Å². The molecule has 5 heterocycles. The van der Waals surface area contributed by atoms with Crippen LogP contribution in [0.5, 0.6) is 5.75 Å². The number of unbranched alkanes of at least 4 members (excludes halogenated alkanes) is 1. The third-order valence-corrected chi connectivity index (χ3v) is 21.2. The van der Waals surface area contributed by atoms with Gasteiger partial charge in [-0.2, -0.15) is 23.5 Å². The first-order valence-corrected chi connectivity index (χ1v) is 37.0. The molecule has 0 unspecified atom stereocenters. The van der Waals surface area contributed by atoms with Crippen molar-refractivity contribution in [3.8, 4) is 5.75 Å².